The molecule has 0 saturated carbocycles. The van der Waals surface area contributed by atoms with Crippen LogP contribution in [0.2, 0.25) is 0 Å². The first-order valence-corrected chi connectivity index (χ1v) is 8.82. The van der Waals surface area contributed by atoms with Crippen molar-refractivity contribution in [3.8, 4) is 0 Å². The third-order valence-corrected chi connectivity index (χ3v) is 4.89. The van der Waals surface area contributed by atoms with E-state index in [-0.39, 0.29) is 5.91 Å². The first kappa shape index (κ1) is 17.3. The molecule has 7 heteroatoms. The average Bonchev–Trinajstić information content (AvgIpc) is 3.00. The van der Waals surface area contributed by atoms with Gasteiger partial charge in [0.05, 0.1) is 12.3 Å². The molecule has 2 rings (SSSR count). The Morgan fingerprint density at radius 1 is 1.45 bits per heavy atom. The van der Waals surface area contributed by atoms with E-state index in [0.29, 0.717) is 10.8 Å². The Hall–Kier alpha value is -1.05. The Bertz CT molecular complexity index is 458. The fraction of sp³-hybridized carbons (Fsp3) is 0.800. The molecule has 1 aromatic heterocycles. The molecule has 2 heterocycles. The zero-order chi connectivity index (χ0) is 15.8. The summed E-state index contributed by atoms with van der Waals surface area (Å²) in [5, 5.41) is 7.11. The predicted molar refractivity (Wildman–Crippen MR) is 87.3 cm³/mol. The molecule has 0 aromatic carbocycles. The van der Waals surface area contributed by atoms with Crippen LogP contribution in [-0.4, -0.2) is 60.3 Å². The Kier molecular flexibility index (Phi) is 7.21. The second kappa shape index (κ2) is 9.17. The lowest BCUT2D eigenvalue weighted by Crippen LogP contribution is -2.39. The number of carbonyl (C=O) groups is 1. The summed E-state index contributed by atoms with van der Waals surface area (Å²) in [6, 6.07) is 0. The number of rotatable bonds is 8. The third kappa shape index (κ3) is 5.00. The van der Waals surface area contributed by atoms with Gasteiger partial charge in [-0.3, -0.25) is 4.79 Å². The number of hydrogen-bond acceptors (Lipinski definition) is 6. The van der Waals surface area contributed by atoms with Crippen molar-refractivity contribution in [3.63, 3.8) is 0 Å². The van der Waals surface area contributed by atoms with Gasteiger partial charge in [0, 0.05) is 20.2 Å². The summed E-state index contributed by atoms with van der Waals surface area (Å²) in [5.41, 5.74) is 0.833. The smallest absolute Gasteiger partial charge is 0.264 e. The number of piperidine rings is 1. The second-order valence-electron chi connectivity index (χ2n) is 5.79. The Morgan fingerprint density at radius 3 is 2.91 bits per heavy atom. The minimum absolute atomic E-state index is 0.0136. The number of aromatic nitrogens is 2. The van der Waals surface area contributed by atoms with Crippen LogP contribution >= 0.6 is 11.5 Å². The van der Waals surface area contributed by atoms with Crippen molar-refractivity contribution in [1.29, 1.82) is 0 Å². The van der Waals surface area contributed by atoms with Gasteiger partial charge < -0.3 is 15.0 Å². The largest absolute Gasteiger partial charge is 0.383 e. The van der Waals surface area contributed by atoms with Gasteiger partial charge in [-0.1, -0.05) is 17.8 Å². The highest BCUT2D eigenvalue weighted by atomic mass is 32.1. The van der Waals surface area contributed by atoms with Gasteiger partial charge in [0.1, 0.15) is 4.88 Å². The molecule has 0 unspecified atom stereocenters. The van der Waals surface area contributed by atoms with E-state index < -0.39 is 0 Å². The lowest BCUT2D eigenvalue weighted by molar-refractivity contribution is 0.0928. The van der Waals surface area contributed by atoms with Gasteiger partial charge >= 0.3 is 0 Å². The number of methoxy groups -OCH3 is 1. The van der Waals surface area contributed by atoms with Crippen LogP contribution in [0.15, 0.2) is 0 Å². The molecule has 0 radical (unpaired) electrons. The number of nitrogens with zero attached hydrogens (tertiary/aromatic N) is 3. The molecule has 0 aliphatic carbocycles. The molecule has 6 nitrogen and oxygen atoms in total. The number of carbonyl (C=O) groups excluding carboxylic acids is 1. The van der Waals surface area contributed by atoms with Gasteiger partial charge in [0.25, 0.3) is 5.91 Å². The number of hydrogen-bond donors (Lipinski definition) is 1. The molecule has 1 aliphatic rings. The molecule has 1 aromatic rings. The van der Waals surface area contributed by atoms with Crippen LogP contribution in [0.3, 0.4) is 0 Å². The maximum absolute atomic E-state index is 12.2. The Labute approximate surface area is 136 Å². The van der Waals surface area contributed by atoms with E-state index in [1.807, 2.05) is 0 Å². The lowest BCUT2D eigenvalue weighted by atomic mass is 9.97. The quantitative estimate of drug-likeness (QED) is 0.785. The number of ether oxygens (including phenoxy) is 1. The maximum atomic E-state index is 12.2. The summed E-state index contributed by atoms with van der Waals surface area (Å²) in [5.74, 6) is 0.554. The monoisotopic (exact) mass is 326 g/mol. The number of likely N-dealkylation sites (tertiary alicyclic amines) is 1. The van der Waals surface area contributed by atoms with Gasteiger partial charge in [-0.2, -0.15) is 0 Å². The second-order valence-corrected chi connectivity index (χ2v) is 6.54. The van der Waals surface area contributed by atoms with Crippen LogP contribution in [0.4, 0.5) is 0 Å². The van der Waals surface area contributed by atoms with E-state index in [4.69, 9.17) is 4.74 Å². The van der Waals surface area contributed by atoms with Crippen LogP contribution in [0.25, 0.3) is 0 Å². The number of aryl methyl sites for hydroxylation is 1. The van der Waals surface area contributed by atoms with Crippen molar-refractivity contribution in [2.24, 2.45) is 5.92 Å². The molecular formula is C15H26N4O2S. The first-order chi connectivity index (χ1) is 10.7. The van der Waals surface area contributed by atoms with Crippen molar-refractivity contribution in [2.75, 3.05) is 39.9 Å². The highest BCUT2D eigenvalue weighted by Crippen LogP contribution is 2.17. The Morgan fingerprint density at radius 2 is 2.23 bits per heavy atom. The third-order valence-electron chi connectivity index (χ3n) is 4.12. The van der Waals surface area contributed by atoms with Crippen LogP contribution < -0.4 is 5.32 Å². The summed E-state index contributed by atoms with van der Waals surface area (Å²) < 4.78 is 9.02. The molecule has 1 N–H and O–H groups in total. The van der Waals surface area contributed by atoms with Crippen LogP contribution in [0.1, 0.15) is 41.6 Å². The van der Waals surface area contributed by atoms with E-state index in [9.17, 15) is 4.79 Å². The highest BCUT2D eigenvalue weighted by Gasteiger charge is 2.21. The van der Waals surface area contributed by atoms with Gasteiger partial charge in [-0.05, 0) is 49.8 Å². The van der Waals surface area contributed by atoms with Crippen molar-refractivity contribution in [1.82, 2.24) is 19.8 Å². The molecular weight excluding hydrogens is 300 g/mol. The molecule has 1 saturated heterocycles. The predicted octanol–water partition coefficient (Wildman–Crippen LogP) is 1.58. The topological polar surface area (TPSA) is 67.4 Å². The lowest BCUT2D eigenvalue weighted by Gasteiger charge is -2.31. The van der Waals surface area contributed by atoms with E-state index in [1.165, 1.54) is 11.5 Å². The summed E-state index contributed by atoms with van der Waals surface area (Å²) in [6.07, 6.45) is 4.06. The molecule has 0 bridgehead atoms. The fourth-order valence-corrected chi connectivity index (χ4v) is 3.36. The van der Waals surface area contributed by atoms with Gasteiger partial charge in [0.15, 0.2) is 0 Å². The molecule has 0 atom stereocenters. The standard InChI is InChI=1S/C15H26N4O2S/c1-3-4-13-14(22-18-17-13)15(20)16-11-12-5-7-19(8-6-12)9-10-21-2/h12H,3-11H2,1-2H3,(H,16,20). The average molecular weight is 326 g/mol. The summed E-state index contributed by atoms with van der Waals surface area (Å²) in [7, 11) is 1.74. The van der Waals surface area contributed by atoms with Crippen molar-refractivity contribution in [2.45, 2.75) is 32.6 Å². The SMILES string of the molecule is CCCc1nnsc1C(=O)NCC1CCN(CCOC)CC1. The molecule has 1 amide bonds. The maximum Gasteiger partial charge on any atom is 0.264 e. The van der Waals surface area contributed by atoms with E-state index in [0.717, 1.165) is 64.2 Å². The van der Waals surface area contributed by atoms with Crippen LogP contribution in [0.5, 0.6) is 0 Å². The van der Waals surface area contributed by atoms with Gasteiger partial charge in [-0.25, -0.2) is 0 Å². The van der Waals surface area contributed by atoms with Crippen molar-refractivity contribution < 1.29 is 9.53 Å². The summed E-state index contributed by atoms with van der Waals surface area (Å²) >= 11 is 1.20. The van der Waals surface area contributed by atoms with E-state index >= 15 is 0 Å². The van der Waals surface area contributed by atoms with Gasteiger partial charge in [0.2, 0.25) is 0 Å². The normalized spacial score (nSPS) is 16.8. The minimum Gasteiger partial charge on any atom is -0.383 e. The molecule has 1 fully saturated rings. The van der Waals surface area contributed by atoms with Crippen molar-refractivity contribution >= 4 is 17.4 Å². The fourth-order valence-electron chi connectivity index (χ4n) is 2.73. The molecule has 1 aliphatic heterocycles. The molecule has 22 heavy (non-hydrogen) atoms. The van der Waals surface area contributed by atoms with Crippen molar-refractivity contribution in [3.05, 3.63) is 10.6 Å². The van der Waals surface area contributed by atoms with E-state index in [2.05, 4.69) is 26.7 Å². The summed E-state index contributed by atoms with van der Waals surface area (Å²) in [6.45, 7) is 6.81. The van der Waals surface area contributed by atoms with Gasteiger partial charge in [-0.15, -0.1) is 5.10 Å². The molecule has 124 valence electrons. The minimum atomic E-state index is -0.0136. The first-order valence-electron chi connectivity index (χ1n) is 8.05. The van der Waals surface area contributed by atoms with Crippen LogP contribution in [0, 0.1) is 5.92 Å². The molecule has 0 spiro atoms. The summed E-state index contributed by atoms with van der Waals surface area (Å²) in [4.78, 5) is 15.3. The highest BCUT2D eigenvalue weighted by molar-refractivity contribution is 7.08. The van der Waals surface area contributed by atoms with E-state index in [1.54, 1.807) is 7.11 Å². The number of amides is 1. The zero-order valence-corrected chi connectivity index (χ0v) is 14.3. The number of nitrogens with one attached hydrogen (secondary N) is 1. The Balaban J connectivity index is 1.72. The van der Waals surface area contributed by atoms with Crippen LogP contribution in [-0.2, 0) is 11.2 Å². The zero-order valence-electron chi connectivity index (χ0n) is 13.5.